The summed E-state index contributed by atoms with van der Waals surface area (Å²) in [6, 6.07) is 0.219. The molecule has 1 aliphatic heterocycles. The van der Waals surface area contributed by atoms with E-state index in [-0.39, 0.29) is 18.1 Å². The van der Waals surface area contributed by atoms with E-state index in [1.165, 1.54) is 12.8 Å². The van der Waals surface area contributed by atoms with Crippen molar-refractivity contribution in [2.75, 3.05) is 18.8 Å². The highest BCUT2D eigenvalue weighted by atomic mass is 32.2. The molecule has 2 fully saturated rings. The lowest BCUT2D eigenvalue weighted by Crippen LogP contribution is -2.47. The number of amides is 1. The van der Waals surface area contributed by atoms with Gasteiger partial charge in [0.15, 0.2) is 0 Å². The zero-order valence-electron chi connectivity index (χ0n) is 9.45. The maximum absolute atomic E-state index is 11.6. The molecular weight excluding hydrogens is 224 g/mol. The molecule has 5 heteroatoms. The monoisotopic (exact) mass is 244 g/mol. The second-order valence-electron chi connectivity index (χ2n) is 4.65. The molecule has 3 N–H and O–H groups in total. The molecule has 0 radical (unpaired) electrons. The minimum atomic E-state index is -0.192. The van der Waals surface area contributed by atoms with E-state index in [0.29, 0.717) is 11.0 Å². The van der Waals surface area contributed by atoms with Gasteiger partial charge in [0, 0.05) is 11.3 Å². The van der Waals surface area contributed by atoms with Crippen LogP contribution in [0.25, 0.3) is 0 Å². The van der Waals surface area contributed by atoms with Crippen LogP contribution in [0.3, 0.4) is 0 Å². The summed E-state index contributed by atoms with van der Waals surface area (Å²) in [5.41, 5.74) is 0. The molecule has 0 aromatic heterocycles. The molecular formula is C11H20N2O2S. The van der Waals surface area contributed by atoms with Gasteiger partial charge in [-0.15, -0.1) is 11.8 Å². The quantitative estimate of drug-likeness (QED) is 0.657. The summed E-state index contributed by atoms with van der Waals surface area (Å²) in [5.74, 6) is 0.692. The molecule has 16 heavy (non-hydrogen) atoms. The highest BCUT2D eigenvalue weighted by Gasteiger charge is 2.28. The zero-order chi connectivity index (χ0) is 11.4. The van der Waals surface area contributed by atoms with Crippen molar-refractivity contribution in [3.05, 3.63) is 0 Å². The fourth-order valence-electron chi connectivity index (χ4n) is 2.13. The Hall–Kier alpha value is -0.260. The number of aliphatic hydroxyl groups is 1. The van der Waals surface area contributed by atoms with E-state index in [9.17, 15) is 4.79 Å². The number of carbonyl (C=O) groups is 1. The van der Waals surface area contributed by atoms with Crippen LogP contribution in [0.5, 0.6) is 0 Å². The molecule has 0 bridgehead atoms. The molecule has 1 amide bonds. The largest absolute Gasteiger partial charge is 0.393 e. The van der Waals surface area contributed by atoms with Gasteiger partial charge in [-0.3, -0.25) is 4.79 Å². The fraction of sp³-hybridized carbons (Fsp3) is 0.909. The molecule has 1 saturated carbocycles. The van der Waals surface area contributed by atoms with Gasteiger partial charge in [0.25, 0.3) is 0 Å². The topological polar surface area (TPSA) is 61.4 Å². The van der Waals surface area contributed by atoms with Crippen molar-refractivity contribution in [3.8, 4) is 0 Å². The third-order valence-electron chi connectivity index (χ3n) is 3.21. The second-order valence-corrected chi connectivity index (χ2v) is 5.94. The van der Waals surface area contributed by atoms with Crippen molar-refractivity contribution in [1.29, 1.82) is 0 Å². The minimum Gasteiger partial charge on any atom is -0.393 e. The predicted octanol–water partition coefficient (Wildman–Crippen LogP) is 0.111. The summed E-state index contributed by atoms with van der Waals surface area (Å²) in [4.78, 5) is 11.6. The molecule has 2 rings (SSSR count). The van der Waals surface area contributed by atoms with E-state index in [4.69, 9.17) is 5.11 Å². The molecule has 4 nitrogen and oxygen atoms in total. The summed E-state index contributed by atoms with van der Waals surface area (Å²) in [6.45, 7) is 2.15. The SMILES string of the molecule is O=C(CSC1CCNCC1)NC1CC(O)C1. The molecule has 1 saturated heterocycles. The first-order valence-electron chi connectivity index (χ1n) is 6.04. The minimum absolute atomic E-state index is 0.125. The summed E-state index contributed by atoms with van der Waals surface area (Å²) >= 11 is 1.77. The van der Waals surface area contributed by atoms with Crippen LogP contribution in [0.4, 0.5) is 0 Å². The molecule has 0 aromatic carbocycles. The van der Waals surface area contributed by atoms with Crippen molar-refractivity contribution in [1.82, 2.24) is 10.6 Å². The van der Waals surface area contributed by atoms with Gasteiger partial charge < -0.3 is 15.7 Å². The predicted molar refractivity (Wildman–Crippen MR) is 65.5 cm³/mol. The first kappa shape index (κ1) is 12.2. The standard InChI is InChI=1S/C11H20N2O2S/c14-9-5-8(6-9)13-11(15)7-16-10-1-3-12-4-2-10/h8-10,12,14H,1-7H2,(H,13,15). The van der Waals surface area contributed by atoms with Crippen LogP contribution in [0.1, 0.15) is 25.7 Å². The summed E-state index contributed by atoms with van der Waals surface area (Å²) in [5, 5.41) is 16.0. The van der Waals surface area contributed by atoms with Crippen molar-refractivity contribution in [3.63, 3.8) is 0 Å². The number of rotatable bonds is 4. The Kier molecular flexibility index (Phi) is 4.49. The molecule has 1 aliphatic carbocycles. The third-order valence-corrected chi connectivity index (χ3v) is 4.59. The lowest BCUT2D eigenvalue weighted by Gasteiger charge is -2.32. The summed E-state index contributed by atoms with van der Waals surface area (Å²) in [7, 11) is 0. The second kappa shape index (κ2) is 5.89. The van der Waals surface area contributed by atoms with Crippen LogP contribution in [0.15, 0.2) is 0 Å². The Labute approximate surface area is 101 Å². The molecule has 92 valence electrons. The van der Waals surface area contributed by atoms with Gasteiger partial charge in [0.2, 0.25) is 5.91 Å². The molecule has 0 aromatic rings. The highest BCUT2D eigenvalue weighted by Crippen LogP contribution is 2.21. The van der Waals surface area contributed by atoms with Crippen LogP contribution >= 0.6 is 11.8 Å². The van der Waals surface area contributed by atoms with Gasteiger partial charge in [0.1, 0.15) is 0 Å². The lowest BCUT2D eigenvalue weighted by atomic mass is 9.89. The van der Waals surface area contributed by atoms with Crippen LogP contribution in [0, 0.1) is 0 Å². The molecule has 2 aliphatic rings. The Morgan fingerprint density at radius 1 is 1.38 bits per heavy atom. The normalized spacial score (nSPS) is 30.8. The van der Waals surface area contributed by atoms with E-state index < -0.39 is 0 Å². The number of aliphatic hydroxyl groups excluding tert-OH is 1. The smallest absolute Gasteiger partial charge is 0.230 e. The number of nitrogens with one attached hydrogen (secondary N) is 2. The van der Waals surface area contributed by atoms with E-state index in [2.05, 4.69) is 10.6 Å². The Morgan fingerprint density at radius 2 is 2.06 bits per heavy atom. The van der Waals surface area contributed by atoms with E-state index in [1.807, 2.05) is 0 Å². The molecule has 0 spiro atoms. The van der Waals surface area contributed by atoms with Crippen molar-refractivity contribution < 1.29 is 9.90 Å². The summed E-state index contributed by atoms with van der Waals surface area (Å²) < 4.78 is 0. The van der Waals surface area contributed by atoms with E-state index >= 15 is 0 Å². The maximum atomic E-state index is 11.6. The van der Waals surface area contributed by atoms with Gasteiger partial charge in [-0.25, -0.2) is 0 Å². The molecule has 1 heterocycles. The van der Waals surface area contributed by atoms with Crippen molar-refractivity contribution in [2.45, 2.75) is 43.1 Å². The lowest BCUT2D eigenvalue weighted by molar-refractivity contribution is -0.120. The van der Waals surface area contributed by atoms with Gasteiger partial charge in [-0.1, -0.05) is 0 Å². The third kappa shape index (κ3) is 3.64. The van der Waals surface area contributed by atoms with Gasteiger partial charge in [0.05, 0.1) is 11.9 Å². The van der Waals surface area contributed by atoms with Crippen LogP contribution in [-0.4, -0.2) is 47.3 Å². The van der Waals surface area contributed by atoms with Gasteiger partial charge in [-0.05, 0) is 38.8 Å². The first-order valence-corrected chi connectivity index (χ1v) is 7.08. The Balaban J connectivity index is 1.56. The average Bonchev–Trinajstić information content (AvgIpc) is 2.26. The van der Waals surface area contributed by atoms with Crippen LogP contribution in [-0.2, 0) is 4.79 Å². The summed E-state index contributed by atoms with van der Waals surface area (Å²) in [6.07, 6.45) is 3.59. The number of piperidine rings is 1. The highest BCUT2D eigenvalue weighted by molar-refractivity contribution is 8.00. The van der Waals surface area contributed by atoms with Crippen LogP contribution < -0.4 is 10.6 Å². The number of carbonyl (C=O) groups excluding carboxylic acids is 1. The van der Waals surface area contributed by atoms with Crippen molar-refractivity contribution >= 4 is 17.7 Å². The van der Waals surface area contributed by atoms with E-state index in [0.717, 1.165) is 25.9 Å². The zero-order valence-corrected chi connectivity index (χ0v) is 10.3. The Bertz CT molecular complexity index is 238. The maximum Gasteiger partial charge on any atom is 0.230 e. The molecule has 0 atom stereocenters. The number of hydrogen-bond donors (Lipinski definition) is 3. The fourth-order valence-corrected chi connectivity index (χ4v) is 3.17. The number of thioether (sulfide) groups is 1. The first-order chi connectivity index (χ1) is 7.74. The number of hydrogen-bond acceptors (Lipinski definition) is 4. The Morgan fingerprint density at radius 3 is 2.69 bits per heavy atom. The van der Waals surface area contributed by atoms with Crippen LogP contribution in [0.2, 0.25) is 0 Å². The van der Waals surface area contributed by atoms with Gasteiger partial charge in [-0.2, -0.15) is 0 Å². The molecule has 0 unspecified atom stereocenters. The van der Waals surface area contributed by atoms with Gasteiger partial charge >= 0.3 is 0 Å². The average molecular weight is 244 g/mol. The van der Waals surface area contributed by atoms with E-state index in [1.54, 1.807) is 11.8 Å². The van der Waals surface area contributed by atoms with Crippen molar-refractivity contribution in [2.24, 2.45) is 0 Å².